The van der Waals surface area contributed by atoms with E-state index in [0.29, 0.717) is 10.0 Å². The molecule has 0 fully saturated rings. The third-order valence-corrected chi connectivity index (χ3v) is 3.20. The lowest BCUT2D eigenvalue weighted by Crippen LogP contribution is -2.23. The molecule has 1 amide bonds. The molecular formula is C14H10BrF2NO. The zero-order chi connectivity index (χ0) is 13.8. The average Bonchev–Trinajstić information content (AvgIpc) is 2.37. The summed E-state index contributed by atoms with van der Waals surface area (Å²) >= 11 is 3.13. The molecule has 98 valence electrons. The fraction of sp³-hybridized carbons (Fsp3) is 0.0714. The van der Waals surface area contributed by atoms with Gasteiger partial charge in [-0.25, -0.2) is 8.78 Å². The molecule has 2 nitrogen and oxygen atoms in total. The number of rotatable bonds is 3. The molecule has 0 saturated heterocycles. The van der Waals surface area contributed by atoms with E-state index in [2.05, 4.69) is 21.2 Å². The number of benzene rings is 2. The van der Waals surface area contributed by atoms with Gasteiger partial charge in [0, 0.05) is 11.0 Å². The van der Waals surface area contributed by atoms with E-state index in [1.807, 2.05) is 0 Å². The molecule has 0 aliphatic carbocycles. The number of amides is 1. The second-order valence-corrected chi connectivity index (χ2v) is 4.79. The summed E-state index contributed by atoms with van der Waals surface area (Å²) in [5.41, 5.74) is 1.14. The van der Waals surface area contributed by atoms with Gasteiger partial charge in [0.15, 0.2) is 0 Å². The molecule has 0 atom stereocenters. The van der Waals surface area contributed by atoms with Gasteiger partial charge in [0.2, 0.25) is 0 Å². The zero-order valence-corrected chi connectivity index (χ0v) is 11.4. The van der Waals surface area contributed by atoms with Gasteiger partial charge in [0.25, 0.3) is 5.91 Å². The van der Waals surface area contributed by atoms with Crippen molar-refractivity contribution in [3.05, 3.63) is 69.7 Å². The molecule has 0 aromatic heterocycles. The monoisotopic (exact) mass is 325 g/mol. The highest BCUT2D eigenvalue weighted by Crippen LogP contribution is 2.18. The summed E-state index contributed by atoms with van der Waals surface area (Å²) in [6.07, 6.45) is 0. The lowest BCUT2D eigenvalue weighted by atomic mass is 10.2. The molecule has 1 N–H and O–H groups in total. The fourth-order valence-corrected chi connectivity index (χ4v) is 2.08. The first-order valence-electron chi connectivity index (χ1n) is 5.54. The summed E-state index contributed by atoms with van der Waals surface area (Å²) in [7, 11) is 0. The van der Waals surface area contributed by atoms with Crippen molar-refractivity contribution in [1.82, 2.24) is 5.32 Å². The zero-order valence-electron chi connectivity index (χ0n) is 9.79. The minimum atomic E-state index is -0.415. The Kier molecular flexibility index (Phi) is 4.27. The van der Waals surface area contributed by atoms with Gasteiger partial charge >= 0.3 is 0 Å². The Hall–Kier alpha value is -1.75. The molecule has 0 heterocycles. The van der Waals surface area contributed by atoms with Crippen molar-refractivity contribution in [1.29, 1.82) is 0 Å². The molecule has 2 aromatic carbocycles. The van der Waals surface area contributed by atoms with Gasteiger partial charge in [-0.3, -0.25) is 4.79 Å². The Morgan fingerprint density at radius 3 is 2.32 bits per heavy atom. The van der Waals surface area contributed by atoms with Crippen molar-refractivity contribution in [3.63, 3.8) is 0 Å². The third-order valence-electron chi connectivity index (χ3n) is 2.54. The van der Waals surface area contributed by atoms with Crippen LogP contribution in [0.1, 0.15) is 15.9 Å². The van der Waals surface area contributed by atoms with Crippen molar-refractivity contribution in [2.75, 3.05) is 0 Å². The molecule has 0 aliphatic rings. The number of carbonyl (C=O) groups is 1. The molecule has 19 heavy (non-hydrogen) atoms. The second kappa shape index (κ2) is 5.93. The van der Waals surface area contributed by atoms with E-state index in [0.717, 1.165) is 5.56 Å². The van der Waals surface area contributed by atoms with Crippen molar-refractivity contribution in [2.45, 2.75) is 6.54 Å². The predicted molar refractivity (Wildman–Crippen MR) is 71.7 cm³/mol. The summed E-state index contributed by atoms with van der Waals surface area (Å²) in [6.45, 7) is 0.281. The highest BCUT2D eigenvalue weighted by molar-refractivity contribution is 9.10. The lowest BCUT2D eigenvalue weighted by Gasteiger charge is -2.07. The van der Waals surface area contributed by atoms with Crippen LogP contribution in [0.4, 0.5) is 8.78 Å². The van der Waals surface area contributed by atoms with Gasteiger partial charge in [0.1, 0.15) is 11.6 Å². The van der Waals surface area contributed by atoms with Gasteiger partial charge in [-0.2, -0.15) is 0 Å². The number of halogens is 3. The summed E-state index contributed by atoms with van der Waals surface area (Å²) in [5, 5.41) is 2.68. The topological polar surface area (TPSA) is 29.1 Å². The molecule has 0 radical (unpaired) electrons. The fourth-order valence-electron chi connectivity index (χ4n) is 1.55. The molecule has 0 spiro atoms. The summed E-state index contributed by atoms with van der Waals surface area (Å²) < 4.78 is 26.0. The highest BCUT2D eigenvalue weighted by Gasteiger charge is 2.10. The highest BCUT2D eigenvalue weighted by atomic mass is 79.9. The summed E-state index contributed by atoms with van der Waals surface area (Å²) in [4.78, 5) is 11.9. The largest absolute Gasteiger partial charge is 0.348 e. The van der Waals surface area contributed by atoms with Gasteiger partial charge in [0.05, 0.1) is 5.56 Å². The number of carbonyl (C=O) groups excluding carboxylic acids is 1. The quantitative estimate of drug-likeness (QED) is 0.916. The van der Waals surface area contributed by atoms with Crippen LogP contribution in [-0.4, -0.2) is 5.91 Å². The van der Waals surface area contributed by atoms with Gasteiger partial charge in [-0.05, 0) is 51.8 Å². The van der Waals surface area contributed by atoms with E-state index < -0.39 is 5.82 Å². The normalized spacial score (nSPS) is 10.3. The average molecular weight is 326 g/mol. The molecule has 0 unspecified atom stereocenters. The maximum atomic E-state index is 12.9. The molecule has 0 bridgehead atoms. The minimum absolute atomic E-state index is 0.281. The van der Waals surface area contributed by atoms with E-state index >= 15 is 0 Å². The maximum absolute atomic E-state index is 12.9. The molecule has 0 aliphatic heterocycles. The third kappa shape index (κ3) is 3.61. The van der Waals surface area contributed by atoms with Crippen molar-refractivity contribution in [3.8, 4) is 0 Å². The van der Waals surface area contributed by atoms with Crippen LogP contribution in [0.3, 0.4) is 0 Å². The van der Waals surface area contributed by atoms with Gasteiger partial charge in [-0.15, -0.1) is 0 Å². The SMILES string of the molecule is O=C(NCc1ccc(F)cc1)c1ccc(F)cc1Br. The van der Waals surface area contributed by atoms with Crippen molar-refractivity contribution >= 4 is 21.8 Å². The lowest BCUT2D eigenvalue weighted by molar-refractivity contribution is 0.0950. The van der Waals surface area contributed by atoms with Crippen LogP contribution in [0, 0.1) is 11.6 Å². The number of hydrogen-bond acceptors (Lipinski definition) is 1. The van der Waals surface area contributed by atoms with E-state index in [4.69, 9.17) is 0 Å². The summed E-state index contributed by atoms with van der Waals surface area (Å²) in [6, 6.07) is 9.69. The first kappa shape index (κ1) is 13.7. The number of nitrogens with one attached hydrogen (secondary N) is 1. The van der Waals surface area contributed by atoms with Crippen LogP contribution in [0.5, 0.6) is 0 Å². The smallest absolute Gasteiger partial charge is 0.252 e. The van der Waals surface area contributed by atoms with E-state index in [1.54, 1.807) is 12.1 Å². The van der Waals surface area contributed by atoms with Gasteiger partial charge < -0.3 is 5.32 Å². The molecule has 0 saturated carbocycles. The van der Waals surface area contributed by atoms with Crippen molar-refractivity contribution < 1.29 is 13.6 Å². The predicted octanol–water partition coefficient (Wildman–Crippen LogP) is 3.66. The standard InChI is InChI=1S/C14H10BrF2NO/c15-13-7-11(17)5-6-12(13)14(19)18-8-9-1-3-10(16)4-2-9/h1-7H,8H2,(H,18,19). The van der Waals surface area contributed by atoms with Crippen LogP contribution in [0.2, 0.25) is 0 Å². The van der Waals surface area contributed by atoms with Crippen LogP contribution in [-0.2, 0) is 6.54 Å². The van der Waals surface area contributed by atoms with Crippen LogP contribution < -0.4 is 5.32 Å². The Morgan fingerprint density at radius 2 is 1.68 bits per heavy atom. The minimum Gasteiger partial charge on any atom is -0.348 e. The Labute approximate surface area is 117 Å². The molecule has 5 heteroatoms. The van der Waals surface area contributed by atoms with Crippen LogP contribution in [0.15, 0.2) is 46.9 Å². The van der Waals surface area contributed by atoms with E-state index in [-0.39, 0.29) is 18.3 Å². The van der Waals surface area contributed by atoms with E-state index in [1.165, 1.54) is 30.3 Å². The van der Waals surface area contributed by atoms with Gasteiger partial charge in [-0.1, -0.05) is 12.1 Å². The molecular weight excluding hydrogens is 316 g/mol. The van der Waals surface area contributed by atoms with Crippen molar-refractivity contribution in [2.24, 2.45) is 0 Å². The molecule has 2 aromatic rings. The molecule has 2 rings (SSSR count). The Balaban J connectivity index is 2.03. The first-order valence-corrected chi connectivity index (χ1v) is 6.33. The Morgan fingerprint density at radius 1 is 1.05 bits per heavy atom. The second-order valence-electron chi connectivity index (χ2n) is 3.93. The van der Waals surface area contributed by atoms with Crippen LogP contribution in [0.25, 0.3) is 0 Å². The van der Waals surface area contributed by atoms with E-state index in [9.17, 15) is 13.6 Å². The summed E-state index contributed by atoms with van der Waals surface area (Å²) in [5.74, 6) is -1.06. The Bertz CT molecular complexity index is 599. The maximum Gasteiger partial charge on any atom is 0.252 e. The first-order chi connectivity index (χ1) is 9.06. The van der Waals surface area contributed by atoms with Crippen LogP contribution >= 0.6 is 15.9 Å². The number of hydrogen-bond donors (Lipinski definition) is 1.